The Labute approximate surface area is 111 Å². The van der Waals surface area contributed by atoms with Crippen molar-refractivity contribution in [1.82, 2.24) is 9.97 Å². The highest BCUT2D eigenvalue weighted by Gasteiger charge is 2.17. The first-order valence-corrected chi connectivity index (χ1v) is 7.14. The van der Waals surface area contributed by atoms with E-state index in [1.54, 1.807) is 6.92 Å². The largest absolute Gasteiger partial charge is 0.431 e. The van der Waals surface area contributed by atoms with Crippen molar-refractivity contribution in [2.45, 2.75) is 18.7 Å². The fraction of sp³-hybridized carbons (Fsp3) is 0.273. The van der Waals surface area contributed by atoms with Gasteiger partial charge in [-0.25, -0.2) is 18.1 Å². The third-order valence-corrected chi connectivity index (χ3v) is 3.56. The molecule has 0 fully saturated rings. The zero-order valence-electron chi connectivity index (χ0n) is 10.5. The lowest BCUT2D eigenvalue weighted by molar-refractivity contribution is 0.569. The van der Waals surface area contributed by atoms with Crippen LogP contribution in [0.2, 0.25) is 0 Å². The molecule has 2 aromatic rings. The minimum atomic E-state index is -3.73. The van der Waals surface area contributed by atoms with Crippen LogP contribution in [0.1, 0.15) is 12.6 Å². The van der Waals surface area contributed by atoms with E-state index in [1.807, 2.05) is 6.92 Å². The Morgan fingerprint density at radius 3 is 2.84 bits per heavy atom. The topological polar surface area (TPSA) is 97.1 Å². The van der Waals surface area contributed by atoms with E-state index < -0.39 is 10.0 Å². The molecule has 102 valence electrons. The maximum Gasteiger partial charge on any atom is 0.309 e. The minimum Gasteiger partial charge on any atom is -0.431 e. The molecule has 2 aromatic heterocycles. The Kier molecular flexibility index (Phi) is 3.70. The van der Waals surface area contributed by atoms with Crippen molar-refractivity contribution in [1.29, 1.82) is 0 Å². The van der Waals surface area contributed by atoms with Crippen molar-refractivity contribution < 1.29 is 12.8 Å². The molecule has 0 bridgehead atoms. The molecule has 2 heterocycles. The lowest BCUT2D eigenvalue weighted by atomic mass is 10.4. The fourth-order valence-corrected chi connectivity index (χ4v) is 2.38. The van der Waals surface area contributed by atoms with Crippen molar-refractivity contribution >= 4 is 21.9 Å². The van der Waals surface area contributed by atoms with Crippen LogP contribution < -0.4 is 10.0 Å². The first-order chi connectivity index (χ1) is 9.01. The van der Waals surface area contributed by atoms with Crippen LogP contribution in [0.4, 0.5) is 11.8 Å². The number of aryl methyl sites for hydroxylation is 1. The summed E-state index contributed by atoms with van der Waals surface area (Å²) in [5, 5.41) is 2.95. The molecule has 0 unspecified atom stereocenters. The second-order valence-electron chi connectivity index (χ2n) is 3.81. The molecule has 0 aliphatic heterocycles. The van der Waals surface area contributed by atoms with E-state index in [0.29, 0.717) is 18.1 Å². The number of sulfonamides is 1. The summed E-state index contributed by atoms with van der Waals surface area (Å²) in [5.74, 6) is 0.494. The third-order valence-electron chi connectivity index (χ3n) is 2.24. The first-order valence-electron chi connectivity index (χ1n) is 5.66. The first kappa shape index (κ1) is 13.3. The molecule has 0 saturated heterocycles. The van der Waals surface area contributed by atoms with Crippen LogP contribution in [-0.2, 0) is 10.0 Å². The van der Waals surface area contributed by atoms with Gasteiger partial charge in [-0.1, -0.05) is 0 Å². The molecule has 0 amide bonds. The van der Waals surface area contributed by atoms with Crippen LogP contribution in [0.15, 0.2) is 33.9 Å². The van der Waals surface area contributed by atoms with Crippen molar-refractivity contribution in [3.8, 4) is 0 Å². The molecule has 0 aliphatic carbocycles. The van der Waals surface area contributed by atoms with Crippen LogP contribution in [0.3, 0.4) is 0 Å². The lowest BCUT2D eigenvalue weighted by Crippen LogP contribution is -2.14. The van der Waals surface area contributed by atoms with Crippen molar-refractivity contribution in [2.24, 2.45) is 0 Å². The molecule has 8 heteroatoms. The molecule has 0 aromatic carbocycles. The zero-order chi connectivity index (χ0) is 13.9. The van der Waals surface area contributed by atoms with Crippen LogP contribution >= 0.6 is 0 Å². The number of rotatable bonds is 5. The average molecular weight is 282 g/mol. The van der Waals surface area contributed by atoms with Gasteiger partial charge in [0, 0.05) is 18.8 Å². The molecular weight excluding hydrogens is 268 g/mol. The van der Waals surface area contributed by atoms with Gasteiger partial charge in [0.1, 0.15) is 12.1 Å². The van der Waals surface area contributed by atoms with Crippen molar-refractivity contribution in [2.75, 3.05) is 16.6 Å². The van der Waals surface area contributed by atoms with Gasteiger partial charge in [-0.2, -0.15) is 4.98 Å². The molecule has 7 nitrogen and oxygen atoms in total. The van der Waals surface area contributed by atoms with Crippen LogP contribution in [0.25, 0.3) is 0 Å². The Balaban J connectivity index is 2.26. The van der Waals surface area contributed by atoms with Gasteiger partial charge in [-0.3, -0.25) is 0 Å². The highest BCUT2D eigenvalue weighted by atomic mass is 32.2. The number of hydrogen-bond donors (Lipinski definition) is 2. The molecular formula is C11H14N4O3S. The van der Waals surface area contributed by atoms with E-state index in [0.717, 1.165) is 0 Å². The molecule has 2 N–H and O–H groups in total. The van der Waals surface area contributed by atoms with E-state index in [9.17, 15) is 8.42 Å². The molecule has 0 saturated carbocycles. The smallest absolute Gasteiger partial charge is 0.309 e. The van der Waals surface area contributed by atoms with Gasteiger partial charge in [0.25, 0.3) is 10.0 Å². The number of oxazole rings is 1. The van der Waals surface area contributed by atoms with Gasteiger partial charge in [-0.15, -0.1) is 0 Å². The highest BCUT2D eigenvalue weighted by Crippen LogP contribution is 2.17. The predicted molar refractivity (Wildman–Crippen MR) is 70.4 cm³/mol. The summed E-state index contributed by atoms with van der Waals surface area (Å²) in [6, 6.07) is 2.79. The van der Waals surface area contributed by atoms with Crippen LogP contribution in [0.5, 0.6) is 0 Å². The second kappa shape index (κ2) is 5.27. The monoisotopic (exact) mass is 282 g/mol. The summed E-state index contributed by atoms with van der Waals surface area (Å²) in [4.78, 5) is 8.00. The molecule has 0 spiro atoms. The maximum absolute atomic E-state index is 12.1. The van der Waals surface area contributed by atoms with E-state index in [2.05, 4.69) is 20.0 Å². The molecule has 0 radical (unpaired) electrons. The molecule has 0 atom stereocenters. The number of nitrogens with one attached hydrogen (secondary N) is 2. The SMILES string of the molecule is CCNc1cc(S(=O)(=O)Nc2nc(C)co2)ccn1. The number of aromatic nitrogens is 2. The number of hydrogen-bond acceptors (Lipinski definition) is 6. The normalized spacial score (nSPS) is 11.3. The standard InChI is InChI=1S/C11H14N4O3S/c1-3-12-10-6-9(4-5-13-10)19(16,17)15-11-14-8(2)7-18-11/h4-7H,3H2,1-2H3,(H,12,13)(H,14,15). The molecule has 0 aliphatic rings. The Bertz CT molecular complexity index is 666. The van der Waals surface area contributed by atoms with Gasteiger partial charge in [-0.05, 0) is 19.9 Å². The summed E-state index contributed by atoms with van der Waals surface area (Å²) in [6.07, 6.45) is 2.79. The number of anilines is 2. The van der Waals surface area contributed by atoms with Gasteiger partial charge in [0.2, 0.25) is 0 Å². The van der Waals surface area contributed by atoms with Gasteiger partial charge in [0.15, 0.2) is 0 Å². The summed E-state index contributed by atoms with van der Waals surface area (Å²) in [5.41, 5.74) is 0.598. The quantitative estimate of drug-likeness (QED) is 0.864. The number of pyridine rings is 1. The maximum atomic E-state index is 12.1. The molecule has 19 heavy (non-hydrogen) atoms. The summed E-state index contributed by atoms with van der Waals surface area (Å²) in [7, 11) is -3.73. The van der Waals surface area contributed by atoms with Crippen LogP contribution in [0, 0.1) is 6.92 Å². The number of nitrogens with zero attached hydrogens (tertiary/aromatic N) is 2. The van der Waals surface area contributed by atoms with Gasteiger partial charge < -0.3 is 9.73 Å². The average Bonchev–Trinajstić information content (AvgIpc) is 2.75. The zero-order valence-corrected chi connectivity index (χ0v) is 11.4. The summed E-state index contributed by atoms with van der Waals surface area (Å²) < 4.78 is 31.4. The van der Waals surface area contributed by atoms with E-state index in [4.69, 9.17) is 4.42 Å². The second-order valence-corrected chi connectivity index (χ2v) is 5.49. The predicted octanol–water partition coefficient (Wildman–Crippen LogP) is 1.61. The molecule has 2 rings (SSSR count). The Morgan fingerprint density at radius 1 is 1.42 bits per heavy atom. The summed E-state index contributed by atoms with van der Waals surface area (Å²) >= 11 is 0. The third kappa shape index (κ3) is 3.22. The van der Waals surface area contributed by atoms with Gasteiger partial charge >= 0.3 is 6.01 Å². The highest BCUT2D eigenvalue weighted by molar-refractivity contribution is 7.92. The summed E-state index contributed by atoms with van der Waals surface area (Å²) in [6.45, 7) is 4.26. The van der Waals surface area contributed by atoms with Gasteiger partial charge in [0.05, 0.1) is 10.6 Å². The van der Waals surface area contributed by atoms with Crippen LogP contribution in [-0.4, -0.2) is 24.9 Å². The fourth-order valence-electron chi connectivity index (χ4n) is 1.43. The van der Waals surface area contributed by atoms with Crippen molar-refractivity contribution in [3.63, 3.8) is 0 Å². The lowest BCUT2D eigenvalue weighted by Gasteiger charge is -2.06. The Hall–Kier alpha value is -2.09. The Morgan fingerprint density at radius 2 is 2.21 bits per heavy atom. The van der Waals surface area contributed by atoms with E-state index >= 15 is 0 Å². The minimum absolute atomic E-state index is 0.0562. The van der Waals surface area contributed by atoms with E-state index in [1.165, 1.54) is 24.6 Å². The van der Waals surface area contributed by atoms with Crippen molar-refractivity contribution in [3.05, 3.63) is 30.3 Å². The van der Waals surface area contributed by atoms with E-state index in [-0.39, 0.29) is 10.9 Å².